The van der Waals surface area contributed by atoms with E-state index in [4.69, 9.17) is 4.74 Å². The normalized spacial score (nSPS) is 22.0. The number of carbonyl (C=O) groups excluding carboxylic acids is 2. The number of ether oxygens (including phenoxy) is 1. The van der Waals surface area contributed by atoms with Crippen LogP contribution in [0.1, 0.15) is 19.8 Å². The minimum atomic E-state index is -0.220. The fourth-order valence-corrected chi connectivity index (χ4v) is 3.60. The van der Waals surface area contributed by atoms with Gasteiger partial charge in [0.25, 0.3) is 0 Å². The van der Waals surface area contributed by atoms with E-state index < -0.39 is 0 Å². The van der Waals surface area contributed by atoms with Gasteiger partial charge in [0.2, 0.25) is 5.91 Å². The van der Waals surface area contributed by atoms with E-state index in [1.165, 1.54) is 0 Å². The van der Waals surface area contributed by atoms with Crippen LogP contribution in [-0.4, -0.2) is 88.2 Å². The maximum atomic E-state index is 12.5. The fraction of sp³-hybridized carbons (Fsp3) is 0.706. The van der Waals surface area contributed by atoms with Crippen molar-refractivity contribution in [2.75, 3.05) is 45.9 Å². The number of nitrogens with zero attached hydrogens (tertiary/aromatic N) is 5. The summed E-state index contributed by atoms with van der Waals surface area (Å²) in [7, 11) is 0. The van der Waals surface area contributed by atoms with Crippen molar-refractivity contribution in [1.29, 1.82) is 0 Å². The van der Waals surface area contributed by atoms with Crippen LogP contribution in [0.4, 0.5) is 4.79 Å². The number of aromatic nitrogens is 2. The van der Waals surface area contributed by atoms with Gasteiger partial charge in [-0.2, -0.15) is 0 Å². The second-order valence-electron chi connectivity index (χ2n) is 6.59. The lowest BCUT2D eigenvalue weighted by Crippen LogP contribution is -2.56. The molecule has 2 aliphatic rings. The summed E-state index contributed by atoms with van der Waals surface area (Å²) in [5, 5.41) is 0. The van der Waals surface area contributed by atoms with Crippen molar-refractivity contribution in [3.63, 3.8) is 0 Å². The van der Waals surface area contributed by atoms with Gasteiger partial charge in [0.1, 0.15) is 6.54 Å². The van der Waals surface area contributed by atoms with Crippen LogP contribution in [0.5, 0.6) is 0 Å². The zero-order valence-corrected chi connectivity index (χ0v) is 14.8. The molecule has 2 amide bonds. The number of piperidine rings is 1. The van der Waals surface area contributed by atoms with Crippen molar-refractivity contribution >= 4 is 12.0 Å². The van der Waals surface area contributed by atoms with Gasteiger partial charge in [-0.3, -0.25) is 9.69 Å². The molecule has 8 heteroatoms. The summed E-state index contributed by atoms with van der Waals surface area (Å²) >= 11 is 0. The van der Waals surface area contributed by atoms with Crippen molar-refractivity contribution < 1.29 is 14.3 Å². The Kier molecular flexibility index (Phi) is 5.91. The van der Waals surface area contributed by atoms with E-state index in [0.717, 1.165) is 39.0 Å². The van der Waals surface area contributed by atoms with Crippen LogP contribution < -0.4 is 0 Å². The number of imidazole rings is 1. The van der Waals surface area contributed by atoms with Crippen molar-refractivity contribution in [2.24, 2.45) is 0 Å². The highest BCUT2D eigenvalue weighted by Gasteiger charge is 2.31. The van der Waals surface area contributed by atoms with E-state index in [2.05, 4.69) is 9.88 Å². The molecule has 0 saturated carbocycles. The average Bonchev–Trinajstić information content (AvgIpc) is 3.15. The summed E-state index contributed by atoms with van der Waals surface area (Å²) in [4.78, 5) is 34.4. The molecule has 1 atom stereocenters. The first-order valence-corrected chi connectivity index (χ1v) is 9.06. The third kappa shape index (κ3) is 4.50. The quantitative estimate of drug-likeness (QED) is 0.798. The number of hydrogen-bond acceptors (Lipinski definition) is 5. The Hall–Kier alpha value is -2.09. The molecule has 0 radical (unpaired) electrons. The molecule has 0 spiro atoms. The molecule has 25 heavy (non-hydrogen) atoms. The van der Waals surface area contributed by atoms with Crippen LogP contribution >= 0.6 is 0 Å². The molecule has 138 valence electrons. The van der Waals surface area contributed by atoms with Gasteiger partial charge in [-0.05, 0) is 19.8 Å². The molecule has 2 saturated heterocycles. The maximum Gasteiger partial charge on any atom is 0.409 e. The third-order valence-electron chi connectivity index (χ3n) is 4.98. The summed E-state index contributed by atoms with van der Waals surface area (Å²) in [5.41, 5.74) is 0. The Bertz CT molecular complexity index is 569. The van der Waals surface area contributed by atoms with E-state index in [-0.39, 0.29) is 12.0 Å². The van der Waals surface area contributed by atoms with E-state index in [9.17, 15) is 9.59 Å². The van der Waals surface area contributed by atoms with E-state index in [0.29, 0.717) is 32.3 Å². The Morgan fingerprint density at radius 1 is 1.16 bits per heavy atom. The highest BCUT2D eigenvalue weighted by Crippen LogP contribution is 2.18. The summed E-state index contributed by atoms with van der Waals surface area (Å²) in [6.45, 7) is 7.25. The maximum absolute atomic E-state index is 12.5. The number of rotatable bonds is 4. The molecule has 2 fully saturated rings. The van der Waals surface area contributed by atoms with Crippen LogP contribution in [0, 0.1) is 0 Å². The molecular weight excluding hydrogens is 322 g/mol. The van der Waals surface area contributed by atoms with Gasteiger partial charge in [0.05, 0.1) is 12.9 Å². The first kappa shape index (κ1) is 17.7. The lowest BCUT2D eigenvalue weighted by Gasteiger charge is -2.43. The van der Waals surface area contributed by atoms with Gasteiger partial charge in [0, 0.05) is 57.7 Å². The molecule has 8 nitrogen and oxygen atoms in total. The van der Waals surface area contributed by atoms with Gasteiger partial charge >= 0.3 is 6.09 Å². The SMILES string of the molecule is CCOC(=O)N1CCN(C2CCCN(C(=O)Cn3ccnc3)C2)CC1. The zero-order valence-electron chi connectivity index (χ0n) is 14.8. The van der Waals surface area contributed by atoms with E-state index in [1.807, 2.05) is 22.6 Å². The summed E-state index contributed by atoms with van der Waals surface area (Å²) < 4.78 is 6.88. The minimum Gasteiger partial charge on any atom is -0.450 e. The number of piperazine rings is 1. The van der Waals surface area contributed by atoms with Crippen LogP contribution in [0.2, 0.25) is 0 Å². The van der Waals surface area contributed by atoms with Gasteiger partial charge in [-0.1, -0.05) is 0 Å². The van der Waals surface area contributed by atoms with Crippen LogP contribution in [-0.2, 0) is 16.1 Å². The molecule has 1 aromatic heterocycles. The number of carbonyl (C=O) groups is 2. The number of hydrogen-bond donors (Lipinski definition) is 0. The monoisotopic (exact) mass is 349 g/mol. The van der Waals surface area contributed by atoms with Crippen LogP contribution in [0.3, 0.4) is 0 Å². The highest BCUT2D eigenvalue weighted by atomic mass is 16.6. The minimum absolute atomic E-state index is 0.146. The van der Waals surface area contributed by atoms with Crippen molar-refractivity contribution in [1.82, 2.24) is 24.3 Å². The largest absolute Gasteiger partial charge is 0.450 e. The van der Waals surface area contributed by atoms with Gasteiger partial charge < -0.3 is 19.1 Å². The standard InChI is InChI=1S/C17H27N5O3/c1-2-25-17(24)21-10-8-20(9-11-21)15-4-3-6-22(12-15)16(23)13-19-7-5-18-14-19/h5,7,14-15H,2-4,6,8-13H2,1H3. The van der Waals surface area contributed by atoms with Gasteiger partial charge in [0.15, 0.2) is 0 Å². The Labute approximate surface area is 148 Å². The molecule has 3 rings (SSSR count). The van der Waals surface area contributed by atoms with E-state index >= 15 is 0 Å². The van der Waals surface area contributed by atoms with Crippen molar-refractivity contribution in [3.8, 4) is 0 Å². The molecule has 3 heterocycles. The number of amides is 2. The van der Waals surface area contributed by atoms with E-state index in [1.54, 1.807) is 17.4 Å². The number of likely N-dealkylation sites (tertiary alicyclic amines) is 1. The van der Waals surface area contributed by atoms with Crippen LogP contribution in [0.15, 0.2) is 18.7 Å². The summed E-state index contributed by atoms with van der Waals surface area (Å²) in [5.74, 6) is 0.146. The Morgan fingerprint density at radius 3 is 2.64 bits per heavy atom. The molecule has 0 aliphatic carbocycles. The van der Waals surface area contributed by atoms with Crippen molar-refractivity contribution in [2.45, 2.75) is 32.4 Å². The lowest BCUT2D eigenvalue weighted by atomic mass is 10.0. The molecule has 0 aromatic carbocycles. The van der Waals surface area contributed by atoms with Gasteiger partial charge in [-0.15, -0.1) is 0 Å². The molecule has 0 N–H and O–H groups in total. The molecule has 1 aromatic rings. The molecule has 0 bridgehead atoms. The van der Waals surface area contributed by atoms with Gasteiger partial charge in [-0.25, -0.2) is 9.78 Å². The topological polar surface area (TPSA) is 70.9 Å². The average molecular weight is 349 g/mol. The van der Waals surface area contributed by atoms with Crippen molar-refractivity contribution in [3.05, 3.63) is 18.7 Å². The summed E-state index contributed by atoms with van der Waals surface area (Å²) in [6.07, 6.45) is 7.09. The highest BCUT2D eigenvalue weighted by molar-refractivity contribution is 5.76. The molecule has 1 unspecified atom stereocenters. The first-order chi connectivity index (χ1) is 12.2. The molecular formula is C17H27N5O3. The zero-order chi connectivity index (χ0) is 17.6. The van der Waals surface area contributed by atoms with Crippen LogP contribution in [0.25, 0.3) is 0 Å². The Morgan fingerprint density at radius 2 is 1.96 bits per heavy atom. The third-order valence-corrected chi connectivity index (χ3v) is 4.98. The second kappa shape index (κ2) is 8.33. The fourth-order valence-electron chi connectivity index (χ4n) is 3.60. The lowest BCUT2D eigenvalue weighted by molar-refractivity contribution is -0.134. The summed E-state index contributed by atoms with van der Waals surface area (Å²) in [6, 6.07) is 0.379. The Balaban J connectivity index is 1.48. The smallest absolute Gasteiger partial charge is 0.409 e. The predicted octanol–water partition coefficient (Wildman–Crippen LogP) is 0.648. The second-order valence-corrected chi connectivity index (χ2v) is 6.59. The molecule has 2 aliphatic heterocycles. The first-order valence-electron chi connectivity index (χ1n) is 9.06. The predicted molar refractivity (Wildman–Crippen MR) is 92.0 cm³/mol.